The van der Waals surface area contributed by atoms with Crippen LogP contribution in [-0.2, 0) is 6.54 Å². The number of aromatic nitrogens is 1. The summed E-state index contributed by atoms with van der Waals surface area (Å²) < 4.78 is 1.85. The molecule has 28 heavy (non-hydrogen) atoms. The number of likely N-dealkylation sites (tertiary alicyclic amines) is 1. The number of aryl methyl sites for hydroxylation is 1. The number of nitrogens with one attached hydrogen (secondary N) is 2. The highest BCUT2D eigenvalue weighted by Gasteiger charge is 2.14. The third-order valence-electron chi connectivity index (χ3n) is 5.49. The second kappa shape index (κ2) is 12.6. The number of hydrogen-bond donors (Lipinski definition) is 2. The van der Waals surface area contributed by atoms with Gasteiger partial charge in [0.05, 0.1) is 0 Å². The molecule has 0 atom stereocenters. The van der Waals surface area contributed by atoms with Crippen molar-refractivity contribution in [3.05, 3.63) is 34.2 Å². The van der Waals surface area contributed by atoms with Gasteiger partial charge in [0.15, 0.2) is 5.96 Å². The Morgan fingerprint density at radius 3 is 2.64 bits per heavy atom. The van der Waals surface area contributed by atoms with Crippen LogP contribution in [-0.4, -0.2) is 54.7 Å². The number of nitrogens with zero attached hydrogens (tertiary/aromatic N) is 3. The van der Waals surface area contributed by atoms with Crippen LogP contribution in [0.4, 0.5) is 0 Å². The summed E-state index contributed by atoms with van der Waals surface area (Å²) in [4.78, 5) is 19.2. The maximum atomic E-state index is 11.9. The van der Waals surface area contributed by atoms with Gasteiger partial charge in [0.2, 0.25) is 0 Å². The molecule has 0 bridgehead atoms. The van der Waals surface area contributed by atoms with Crippen molar-refractivity contribution in [2.45, 2.75) is 59.4 Å². The molecule has 2 rings (SSSR count). The first-order valence-electron chi connectivity index (χ1n) is 11.0. The Bertz CT molecular complexity index is 647. The predicted octanol–water partition coefficient (Wildman–Crippen LogP) is 2.61. The summed E-state index contributed by atoms with van der Waals surface area (Å²) >= 11 is 0. The van der Waals surface area contributed by atoms with Crippen molar-refractivity contribution in [1.29, 1.82) is 0 Å². The zero-order chi connectivity index (χ0) is 20.2. The van der Waals surface area contributed by atoms with Crippen LogP contribution in [0.15, 0.2) is 28.0 Å². The molecule has 6 nitrogen and oxygen atoms in total. The first-order chi connectivity index (χ1) is 13.6. The van der Waals surface area contributed by atoms with E-state index in [0.717, 1.165) is 69.6 Å². The number of piperidine rings is 1. The highest BCUT2D eigenvalue weighted by atomic mass is 16.1. The predicted molar refractivity (Wildman–Crippen MR) is 118 cm³/mol. The molecule has 0 aromatic carbocycles. The first-order valence-corrected chi connectivity index (χ1v) is 11.0. The lowest BCUT2D eigenvalue weighted by atomic mass is 9.99. The highest BCUT2D eigenvalue weighted by Crippen LogP contribution is 2.15. The zero-order valence-electron chi connectivity index (χ0n) is 18.0. The van der Waals surface area contributed by atoms with Gasteiger partial charge in [-0.3, -0.25) is 9.79 Å². The van der Waals surface area contributed by atoms with Crippen molar-refractivity contribution in [2.24, 2.45) is 10.9 Å². The van der Waals surface area contributed by atoms with Crippen LogP contribution in [0.25, 0.3) is 0 Å². The summed E-state index contributed by atoms with van der Waals surface area (Å²) in [5.41, 5.74) is 1.12. The largest absolute Gasteiger partial charge is 0.357 e. The number of unbranched alkanes of at least 4 members (excludes halogenated alkanes) is 1. The summed E-state index contributed by atoms with van der Waals surface area (Å²) in [6, 6.07) is 5.44. The number of guanidine groups is 1. The molecule has 0 spiro atoms. The molecule has 0 radical (unpaired) electrons. The second-order valence-corrected chi connectivity index (χ2v) is 7.93. The molecular formula is C22H39N5O. The van der Waals surface area contributed by atoms with E-state index in [1.165, 1.54) is 25.9 Å². The normalized spacial score (nSPS) is 16.3. The molecule has 1 saturated heterocycles. The molecule has 2 heterocycles. The molecule has 158 valence electrons. The minimum absolute atomic E-state index is 0.0889. The molecule has 6 heteroatoms. The van der Waals surface area contributed by atoms with E-state index in [0.29, 0.717) is 0 Å². The topological polar surface area (TPSA) is 61.7 Å². The second-order valence-electron chi connectivity index (χ2n) is 7.93. The van der Waals surface area contributed by atoms with Crippen LogP contribution in [0.2, 0.25) is 0 Å². The van der Waals surface area contributed by atoms with E-state index in [1.54, 1.807) is 6.07 Å². The van der Waals surface area contributed by atoms with Crippen molar-refractivity contribution < 1.29 is 0 Å². The molecule has 1 fully saturated rings. The molecule has 1 aliphatic rings. The molecule has 0 aliphatic carbocycles. The van der Waals surface area contributed by atoms with Gasteiger partial charge < -0.3 is 20.1 Å². The monoisotopic (exact) mass is 389 g/mol. The number of hydrogen-bond acceptors (Lipinski definition) is 3. The fourth-order valence-corrected chi connectivity index (χ4v) is 3.62. The zero-order valence-corrected chi connectivity index (χ0v) is 18.0. The average Bonchev–Trinajstić information content (AvgIpc) is 2.68. The Morgan fingerprint density at radius 2 is 1.93 bits per heavy atom. The van der Waals surface area contributed by atoms with E-state index in [-0.39, 0.29) is 5.56 Å². The lowest BCUT2D eigenvalue weighted by molar-refractivity contribution is 0.192. The quantitative estimate of drug-likeness (QED) is 0.367. The van der Waals surface area contributed by atoms with Crippen LogP contribution in [0.1, 0.15) is 51.6 Å². The SMILES string of the molecule is CCNC(=NCCCN1CCC(C)CC1)NCCCCn1c(C)cccc1=O. The number of aliphatic imine (C=N–C) groups is 1. The van der Waals surface area contributed by atoms with Gasteiger partial charge >= 0.3 is 0 Å². The summed E-state index contributed by atoms with van der Waals surface area (Å²) in [6.45, 7) is 13.5. The van der Waals surface area contributed by atoms with E-state index in [2.05, 4.69) is 29.4 Å². The number of pyridine rings is 1. The highest BCUT2D eigenvalue weighted by molar-refractivity contribution is 5.79. The Hall–Kier alpha value is -1.82. The first kappa shape index (κ1) is 22.5. The maximum absolute atomic E-state index is 11.9. The molecule has 1 aromatic heterocycles. The lowest BCUT2D eigenvalue weighted by Crippen LogP contribution is -2.38. The van der Waals surface area contributed by atoms with Crippen molar-refractivity contribution in [2.75, 3.05) is 39.3 Å². The van der Waals surface area contributed by atoms with Crippen LogP contribution in [0.5, 0.6) is 0 Å². The molecule has 0 amide bonds. The van der Waals surface area contributed by atoms with E-state index < -0.39 is 0 Å². The summed E-state index contributed by atoms with van der Waals surface area (Å²) in [7, 11) is 0. The molecule has 1 aromatic rings. The third kappa shape index (κ3) is 8.05. The van der Waals surface area contributed by atoms with Gasteiger partial charge in [-0.05, 0) is 77.6 Å². The standard InChI is InChI=1S/C22H39N5O/c1-4-23-22(25-14-8-15-26-17-11-19(2)12-18-26)24-13-5-6-16-27-20(3)9-7-10-21(27)28/h7,9-10,19H,4-6,8,11-18H2,1-3H3,(H2,23,24,25). The van der Waals surface area contributed by atoms with Gasteiger partial charge in [-0.1, -0.05) is 13.0 Å². The fourth-order valence-electron chi connectivity index (χ4n) is 3.62. The average molecular weight is 390 g/mol. The number of rotatable bonds is 10. The van der Waals surface area contributed by atoms with Crippen LogP contribution < -0.4 is 16.2 Å². The summed E-state index contributed by atoms with van der Waals surface area (Å²) in [5.74, 6) is 1.80. The Kier molecular flexibility index (Phi) is 10.1. The van der Waals surface area contributed by atoms with E-state index in [1.807, 2.05) is 23.6 Å². The van der Waals surface area contributed by atoms with Gasteiger partial charge in [0.1, 0.15) is 0 Å². The third-order valence-corrected chi connectivity index (χ3v) is 5.49. The lowest BCUT2D eigenvalue weighted by Gasteiger charge is -2.29. The van der Waals surface area contributed by atoms with Gasteiger partial charge in [-0.15, -0.1) is 0 Å². The summed E-state index contributed by atoms with van der Waals surface area (Å²) in [6.07, 6.45) is 5.77. The van der Waals surface area contributed by atoms with Gasteiger partial charge in [-0.2, -0.15) is 0 Å². The van der Waals surface area contributed by atoms with Crippen molar-refractivity contribution in [1.82, 2.24) is 20.1 Å². The Balaban J connectivity index is 1.63. The Labute approximate surface area is 170 Å². The van der Waals surface area contributed by atoms with Gasteiger partial charge in [0, 0.05) is 37.9 Å². The summed E-state index contributed by atoms with van der Waals surface area (Å²) in [5, 5.41) is 6.74. The van der Waals surface area contributed by atoms with Crippen molar-refractivity contribution >= 4 is 5.96 Å². The fraction of sp³-hybridized carbons (Fsp3) is 0.727. The van der Waals surface area contributed by atoms with Gasteiger partial charge in [0.25, 0.3) is 5.56 Å². The molecular weight excluding hydrogens is 350 g/mol. The van der Waals surface area contributed by atoms with Crippen molar-refractivity contribution in [3.8, 4) is 0 Å². The molecule has 1 aliphatic heterocycles. The Morgan fingerprint density at radius 1 is 1.14 bits per heavy atom. The minimum Gasteiger partial charge on any atom is -0.357 e. The smallest absolute Gasteiger partial charge is 0.250 e. The van der Waals surface area contributed by atoms with E-state index in [9.17, 15) is 4.79 Å². The minimum atomic E-state index is 0.0889. The molecule has 0 saturated carbocycles. The molecule has 2 N–H and O–H groups in total. The van der Waals surface area contributed by atoms with Gasteiger partial charge in [-0.25, -0.2) is 0 Å². The van der Waals surface area contributed by atoms with E-state index >= 15 is 0 Å². The molecule has 0 unspecified atom stereocenters. The van der Waals surface area contributed by atoms with Crippen LogP contribution in [0, 0.1) is 12.8 Å². The maximum Gasteiger partial charge on any atom is 0.250 e. The van der Waals surface area contributed by atoms with Crippen LogP contribution >= 0.6 is 0 Å². The van der Waals surface area contributed by atoms with E-state index in [4.69, 9.17) is 4.99 Å². The van der Waals surface area contributed by atoms with Crippen LogP contribution in [0.3, 0.4) is 0 Å². The van der Waals surface area contributed by atoms with Crippen molar-refractivity contribution in [3.63, 3.8) is 0 Å².